The fourth-order valence-electron chi connectivity index (χ4n) is 1.83. The van der Waals surface area contributed by atoms with Crippen molar-refractivity contribution in [3.63, 3.8) is 0 Å². The van der Waals surface area contributed by atoms with Crippen molar-refractivity contribution in [3.05, 3.63) is 0 Å². The third-order valence-electron chi connectivity index (χ3n) is 3.03. The number of hydrogen-bond acceptors (Lipinski definition) is 2. The molecule has 2 atom stereocenters. The molecule has 3 heteroatoms. The second-order valence-electron chi connectivity index (χ2n) is 4.32. The van der Waals surface area contributed by atoms with Gasteiger partial charge >= 0.3 is 0 Å². The van der Waals surface area contributed by atoms with Crippen molar-refractivity contribution >= 4 is 5.91 Å². The molecule has 0 saturated carbocycles. The molecule has 1 aliphatic rings. The van der Waals surface area contributed by atoms with Crippen LogP contribution >= 0.6 is 0 Å². The summed E-state index contributed by atoms with van der Waals surface area (Å²) in [6.45, 7) is 4.84. The van der Waals surface area contributed by atoms with Crippen molar-refractivity contribution in [2.75, 3.05) is 6.54 Å². The first kappa shape index (κ1) is 12.1. The Kier molecular flexibility index (Phi) is 4.16. The first-order valence-corrected chi connectivity index (χ1v) is 5.64. The van der Waals surface area contributed by atoms with Crippen LogP contribution in [0.15, 0.2) is 0 Å². The molecule has 1 amide bonds. The Bertz CT molecular complexity index is 261. The fourth-order valence-corrected chi connectivity index (χ4v) is 1.83. The molecule has 0 aromatic rings. The molecule has 0 radical (unpaired) electrons. The van der Waals surface area contributed by atoms with Gasteiger partial charge in [0.25, 0.3) is 0 Å². The van der Waals surface area contributed by atoms with E-state index in [4.69, 9.17) is 6.42 Å². The average molecular weight is 208 g/mol. The minimum atomic E-state index is -0.428. The molecular weight excluding hydrogens is 188 g/mol. The molecule has 1 rings (SSSR count). The lowest BCUT2D eigenvalue weighted by atomic mass is 9.90. The van der Waals surface area contributed by atoms with Gasteiger partial charge in [0.05, 0.1) is 11.6 Å². The third kappa shape index (κ3) is 2.97. The molecule has 0 aromatic carbocycles. The van der Waals surface area contributed by atoms with E-state index in [1.165, 1.54) is 0 Å². The maximum Gasteiger partial charge on any atom is 0.240 e. The van der Waals surface area contributed by atoms with E-state index in [2.05, 4.69) is 16.6 Å². The van der Waals surface area contributed by atoms with Crippen molar-refractivity contribution < 1.29 is 4.79 Å². The van der Waals surface area contributed by atoms with Crippen LogP contribution in [-0.4, -0.2) is 24.0 Å². The quantitative estimate of drug-likeness (QED) is 0.681. The summed E-state index contributed by atoms with van der Waals surface area (Å²) in [5.74, 6) is 2.61. The summed E-state index contributed by atoms with van der Waals surface area (Å²) in [6.07, 6.45) is 9.23. The van der Waals surface area contributed by atoms with Crippen LogP contribution in [0.5, 0.6) is 0 Å². The summed E-state index contributed by atoms with van der Waals surface area (Å²) in [5.41, 5.74) is -0.428. The highest BCUT2D eigenvalue weighted by Crippen LogP contribution is 2.18. The largest absolute Gasteiger partial charge is 0.341 e. The maximum atomic E-state index is 12.0. The van der Waals surface area contributed by atoms with E-state index in [1.54, 1.807) is 0 Å². The zero-order valence-corrected chi connectivity index (χ0v) is 9.60. The van der Waals surface area contributed by atoms with Crippen LogP contribution < -0.4 is 10.6 Å². The summed E-state index contributed by atoms with van der Waals surface area (Å²) < 4.78 is 0. The molecule has 3 nitrogen and oxygen atoms in total. The normalized spacial score (nSPS) is 27.8. The number of rotatable bonds is 3. The standard InChI is InChI=1S/C12H20N2O/c1-4-10(5-2)14-11(15)12(3)8-6-7-9-13-12/h1,10,13H,5-9H2,2-3H3,(H,14,15). The smallest absolute Gasteiger partial charge is 0.240 e. The van der Waals surface area contributed by atoms with Gasteiger partial charge < -0.3 is 10.6 Å². The third-order valence-corrected chi connectivity index (χ3v) is 3.03. The first-order chi connectivity index (χ1) is 7.12. The van der Waals surface area contributed by atoms with Crippen LogP contribution in [-0.2, 0) is 4.79 Å². The van der Waals surface area contributed by atoms with Gasteiger partial charge in [-0.3, -0.25) is 4.79 Å². The Balaban J connectivity index is 2.55. The number of carbonyl (C=O) groups excluding carboxylic acids is 1. The Morgan fingerprint density at radius 1 is 1.67 bits per heavy atom. The molecule has 1 saturated heterocycles. The van der Waals surface area contributed by atoms with Crippen LogP contribution in [0.25, 0.3) is 0 Å². The molecule has 2 N–H and O–H groups in total. The molecule has 0 aromatic heterocycles. The highest BCUT2D eigenvalue weighted by molar-refractivity contribution is 5.86. The fraction of sp³-hybridized carbons (Fsp3) is 0.750. The van der Waals surface area contributed by atoms with Gasteiger partial charge in [0.15, 0.2) is 0 Å². The van der Waals surface area contributed by atoms with E-state index in [9.17, 15) is 4.79 Å². The lowest BCUT2D eigenvalue weighted by Gasteiger charge is -2.34. The zero-order valence-electron chi connectivity index (χ0n) is 9.60. The number of piperidine rings is 1. The number of carbonyl (C=O) groups is 1. The average Bonchev–Trinajstić information content (AvgIpc) is 2.26. The molecule has 0 spiro atoms. The van der Waals surface area contributed by atoms with Gasteiger partial charge in [-0.05, 0) is 39.2 Å². The van der Waals surface area contributed by atoms with E-state index in [0.29, 0.717) is 0 Å². The van der Waals surface area contributed by atoms with Gasteiger partial charge in [0.1, 0.15) is 0 Å². The molecule has 1 fully saturated rings. The van der Waals surface area contributed by atoms with Gasteiger partial charge in [-0.2, -0.15) is 0 Å². The molecule has 15 heavy (non-hydrogen) atoms. The van der Waals surface area contributed by atoms with Crippen LogP contribution in [0.3, 0.4) is 0 Å². The van der Waals surface area contributed by atoms with Crippen molar-refractivity contribution in [2.24, 2.45) is 0 Å². The molecular formula is C12H20N2O. The van der Waals surface area contributed by atoms with Crippen LogP contribution in [0.2, 0.25) is 0 Å². The zero-order chi connectivity index (χ0) is 11.3. The summed E-state index contributed by atoms with van der Waals surface area (Å²) in [6, 6.07) is -0.141. The highest BCUT2D eigenvalue weighted by Gasteiger charge is 2.34. The summed E-state index contributed by atoms with van der Waals surface area (Å²) in [7, 11) is 0. The SMILES string of the molecule is C#CC(CC)NC(=O)C1(C)CCCCN1. The van der Waals surface area contributed by atoms with Crippen LogP contribution in [0.4, 0.5) is 0 Å². The minimum Gasteiger partial charge on any atom is -0.341 e. The minimum absolute atomic E-state index is 0.0343. The predicted octanol–water partition coefficient (Wildman–Crippen LogP) is 1.05. The number of amides is 1. The molecule has 84 valence electrons. The second kappa shape index (κ2) is 5.18. The summed E-state index contributed by atoms with van der Waals surface area (Å²) >= 11 is 0. The van der Waals surface area contributed by atoms with Gasteiger partial charge in [-0.25, -0.2) is 0 Å². The Hall–Kier alpha value is -1.01. The van der Waals surface area contributed by atoms with Crippen molar-refractivity contribution in [2.45, 2.75) is 51.1 Å². The molecule has 0 bridgehead atoms. The van der Waals surface area contributed by atoms with E-state index in [1.807, 2.05) is 13.8 Å². The van der Waals surface area contributed by atoms with Gasteiger partial charge in [-0.15, -0.1) is 6.42 Å². The Morgan fingerprint density at radius 2 is 2.40 bits per heavy atom. The molecule has 2 unspecified atom stereocenters. The maximum absolute atomic E-state index is 12.0. The molecule has 1 aliphatic heterocycles. The van der Waals surface area contributed by atoms with E-state index in [-0.39, 0.29) is 11.9 Å². The highest BCUT2D eigenvalue weighted by atomic mass is 16.2. The number of hydrogen-bond donors (Lipinski definition) is 2. The van der Waals surface area contributed by atoms with E-state index < -0.39 is 5.54 Å². The number of terminal acetylenes is 1. The lowest BCUT2D eigenvalue weighted by Crippen LogP contribution is -2.58. The van der Waals surface area contributed by atoms with Gasteiger partial charge in [0.2, 0.25) is 5.91 Å². The van der Waals surface area contributed by atoms with E-state index in [0.717, 1.165) is 32.2 Å². The summed E-state index contributed by atoms with van der Waals surface area (Å²) in [5, 5.41) is 6.16. The number of nitrogens with one attached hydrogen (secondary N) is 2. The van der Waals surface area contributed by atoms with Gasteiger partial charge in [0, 0.05) is 0 Å². The Labute approximate surface area is 92.0 Å². The topological polar surface area (TPSA) is 41.1 Å². The van der Waals surface area contributed by atoms with Crippen molar-refractivity contribution in [1.29, 1.82) is 0 Å². The molecule has 1 heterocycles. The van der Waals surface area contributed by atoms with Crippen molar-refractivity contribution in [1.82, 2.24) is 10.6 Å². The van der Waals surface area contributed by atoms with Crippen molar-refractivity contribution in [3.8, 4) is 12.3 Å². The van der Waals surface area contributed by atoms with Gasteiger partial charge in [-0.1, -0.05) is 12.8 Å². The first-order valence-electron chi connectivity index (χ1n) is 5.64. The van der Waals surface area contributed by atoms with Crippen LogP contribution in [0.1, 0.15) is 39.5 Å². The van der Waals surface area contributed by atoms with E-state index >= 15 is 0 Å². The Morgan fingerprint density at radius 3 is 2.87 bits per heavy atom. The second-order valence-corrected chi connectivity index (χ2v) is 4.32. The monoisotopic (exact) mass is 208 g/mol. The summed E-state index contributed by atoms with van der Waals surface area (Å²) in [4.78, 5) is 12.0. The molecule has 0 aliphatic carbocycles. The lowest BCUT2D eigenvalue weighted by molar-refractivity contribution is -0.128. The predicted molar refractivity (Wildman–Crippen MR) is 61.3 cm³/mol. The van der Waals surface area contributed by atoms with Crippen LogP contribution in [0, 0.1) is 12.3 Å².